The molecule has 0 aromatic carbocycles. The molecule has 1 aromatic rings. The molecule has 2 saturated heterocycles. The summed E-state index contributed by atoms with van der Waals surface area (Å²) in [5.41, 5.74) is 0. The number of rotatable bonds is 3. The maximum Gasteiger partial charge on any atom is 0.122 e. The van der Waals surface area contributed by atoms with Gasteiger partial charge in [0.15, 0.2) is 0 Å². The quantitative estimate of drug-likeness (QED) is 0.868. The molecular weight excluding hydrogens is 262 g/mol. The van der Waals surface area contributed by atoms with Crippen molar-refractivity contribution in [1.29, 1.82) is 0 Å². The van der Waals surface area contributed by atoms with Gasteiger partial charge in [0.25, 0.3) is 0 Å². The lowest BCUT2D eigenvalue weighted by atomic mass is 10.2. The fourth-order valence-electron chi connectivity index (χ4n) is 3.05. The molecule has 0 spiro atoms. The predicted molar refractivity (Wildman–Crippen MR) is 78.6 cm³/mol. The van der Waals surface area contributed by atoms with Crippen LogP contribution < -0.4 is 5.32 Å². The Labute approximate surface area is 121 Å². The second kappa shape index (κ2) is 6.70. The van der Waals surface area contributed by atoms with Crippen LogP contribution in [0.3, 0.4) is 0 Å². The smallest absolute Gasteiger partial charge is 0.122 e. The lowest BCUT2D eigenvalue weighted by molar-refractivity contribution is 0.169. The van der Waals surface area contributed by atoms with Crippen molar-refractivity contribution >= 4 is 12.4 Å². The fourth-order valence-corrected chi connectivity index (χ4v) is 3.05. The number of hydrogen-bond acceptors (Lipinski definition) is 4. The Morgan fingerprint density at radius 1 is 1.32 bits per heavy atom. The highest BCUT2D eigenvalue weighted by Crippen LogP contribution is 2.17. The standard InChI is InChI=1S/C13H23N5.ClH/c1-16-7-5-15-13(16)11-17-6-2-12(10-17)18-8-3-14-4-9-18;/h5,7,12,14H,2-4,6,8-11H2,1H3;1H. The number of piperazine rings is 1. The number of hydrogen-bond donors (Lipinski definition) is 1. The molecule has 0 saturated carbocycles. The van der Waals surface area contributed by atoms with Crippen LogP contribution in [-0.4, -0.2) is 64.7 Å². The monoisotopic (exact) mass is 285 g/mol. The Balaban J connectivity index is 0.00000133. The molecule has 5 nitrogen and oxygen atoms in total. The number of imidazole rings is 1. The second-order valence-corrected chi connectivity index (χ2v) is 5.42. The molecule has 1 unspecified atom stereocenters. The van der Waals surface area contributed by atoms with Crippen LogP contribution in [0.2, 0.25) is 0 Å². The van der Waals surface area contributed by atoms with Gasteiger partial charge in [0.1, 0.15) is 5.82 Å². The van der Waals surface area contributed by atoms with Crippen molar-refractivity contribution in [2.24, 2.45) is 7.05 Å². The van der Waals surface area contributed by atoms with Crippen LogP contribution in [-0.2, 0) is 13.6 Å². The van der Waals surface area contributed by atoms with E-state index in [1.807, 2.05) is 12.4 Å². The Hall–Kier alpha value is -0.620. The minimum atomic E-state index is 0. The molecule has 1 N–H and O–H groups in total. The summed E-state index contributed by atoms with van der Waals surface area (Å²) in [5, 5.41) is 3.42. The summed E-state index contributed by atoms with van der Waals surface area (Å²) in [6.45, 7) is 8.12. The van der Waals surface area contributed by atoms with E-state index >= 15 is 0 Å². The highest BCUT2D eigenvalue weighted by atomic mass is 35.5. The third-order valence-corrected chi connectivity index (χ3v) is 4.20. The van der Waals surface area contributed by atoms with Gasteiger partial charge < -0.3 is 9.88 Å². The van der Waals surface area contributed by atoms with Crippen molar-refractivity contribution < 1.29 is 0 Å². The van der Waals surface area contributed by atoms with Gasteiger partial charge in [-0.3, -0.25) is 9.80 Å². The molecule has 6 heteroatoms. The molecule has 3 heterocycles. The first kappa shape index (κ1) is 14.8. The lowest BCUT2D eigenvalue weighted by Gasteiger charge is -2.32. The predicted octanol–water partition coefficient (Wildman–Crippen LogP) is 0.321. The topological polar surface area (TPSA) is 36.3 Å². The van der Waals surface area contributed by atoms with Gasteiger partial charge in [0, 0.05) is 64.8 Å². The van der Waals surface area contributed by atoms with Gasteiger partial charge in [0.2, 0.25) is 0 Å². The summed E-state index contributed by atoms with van der Waals surface area (Å²) in [7, 11) is 2.08. The normalized spacial score (nSPS) is 25.4. The van der Waals surface area contributed by atoms with Crippen LogP contribution >= 0.6 is 12.4 Å². The van der Waals surface area contributed by atoms with Crippen molar-refractivity contribution in [3.8, 4) is 0 Å². The first-order valence-corrected chi connectivity index (χ1v) is 6.96. The third kappa shape index (κ3) is 3.48. The van der Waals surface area contributed by atoms with Crippen molar-refractivity contribution in [3.63, 3.8) is 0 Å². The Morgan fingerprint density at radius 2 is 2.11 bits per heavy atom. The third-order valence-electron chi connectivity index (χ3n) is 4.20. The zero-order valence-electron chi connectivity index (χ0n) is 11.6. The van der Waals surface area contributed by atoms with Crippen LogP contribution in [0.1, 0.15) is 12.2 Å². The summed E-state index contributed by atoms with van der Waals surface area (Å²) < 4.78 is 2.12. The van der Waals surface area contributed by atoms with Crippen molar-refractivity contribution in [1.82, 2.24) is 24.7 Å². The summed E-state index contributed by atoms with van der Waals surface area (Å²) >= 11 is 0. The molecule has 3 rings (SSSR count). The largest absolute Gasteiger partial charge is 0.337 e. The van der Waals surface area contributed by atoms with Gasteiger partial charge in [0.05, 0.1) is 6.54 Å². The molecule has 2 aliphatic rings. The van der Waals surface area contributed by atoms with Crippen LogP contribution in [0.4, 0.5) is 0 Å². The average molecular weight is 286 g/mol. The molecule has 1 atom stereocenters. The molecule has 2 fully saturated rings. The maximum atomic E-state index is 4.41. The maximum absolute atomic E-state index is 4.41. The van der Waals surface area contributed by atoms with E-state index in [2.05, 4.69) is 31.7 Å². The molecule has 0 bridgehead atoms. The van der Waals surface area contributed by atoms with Gasteiger partial charge in [-0.25, -0.2) is 4.98 Å². The van der Waals surface area contributed by atoms with Gasteiger partial charge in [-0.2, -0.15) is 0 Å². The van der Waals surface area contributed by atoms with E-state index in [-0.39, 0.29) is 12.4 Å². The van der Waals surface area contributed by atoms with Crippen LogP contribution in [0, 0.1) is 0 Å². The summed E-state index contributed by atoms with van der Waals surface area (Å²) in [6, 6.07) is 0.757. The van der Waals surface area contributed by atoms with Gasteiger partial charge in [-0.1, -0.05) is 0 Å². The van der Waals surface area contributed by atoms with Crippen molar-refractivity contribution in [2.45, 2.75) is 19.0 Å². The average Bonchev–Trinajstić information content (AvgIpc) is 3.02. The molecule has 108 valence electrons. The Morgan fingerprint density at radius 3 is 2.79 bits per heavy atom. The molecule has 19 heavy (non-hydrogen) atoms. The molecular formula is C13H24ClN5. The highest BCUT2D eigenvalue weighted by molar-refractivity contribution is 5.85. The van der Waals surface area contributed by atoms with Crippen LogP contribution in [0.5, 0.6) is 0 Å². The molecule has 0 amide bonds. The van der Waals surface area contributed by atoms with E-state index in [0.29, 0.717) is 0 Å². The van der Waals surface area contributed by atoms with Gasteiger partial charge in [-0.05, 0) is 6.42 Å². The zero-order chi connectivity index (χ0) is 12.4. The molecule has 0 aliphatic carbocycles. The number of likely N-dealkylation sites (tertiary alicyclic amines) is 1. The molecule has 0 radical (unpaired) electrons. The molecule has 2 aliphatic heterocycles. The summed E-state index contributed by atoms with van der Waals surface area (Å²) in [4.78, 5) is 9.60. The van der Waals surface area contributed by atoms with E-state index in [4.69, 9.17) is 0 Å². The molecule has 1 aromatic heterocycles. The Bertz CT molecular complexity index is 388. The number of aryl methyl sites for hydroxylation is 1. The SMILES string of the molecule is Cl.Cn1ccnc1CN1CCC(N2CCNCC2)C1. The lowest BCUT2D eigenvalue weighted by Crippen LogP contribution is -2.49. The van der Waals surface area contributed by atoms with E-state index in [0.717, 1.165) is 25.7 Å². The minimum absolute atomic E-state index is 0. The van der Waals surface area contributed by atoms with Gasteiger partial charge >= 0.3 is 0 Å². The summed E-state index contributed by atoms with van der Waals surface area (Å²) in [6.07, 6.45) is 5.23. The number of halogens is 1. The van der Waals surface area contributed by atoms with Crippen molar-refractivity contribution in [2.75, 3.05) is 39.3 Å². The number of nitrogens with one attached hydrogen (secondary N) is 1. The van der Waals surface area contributed by atoms with E-state index in [1.54, 1.807) is 0 Å². The highest BCUT2D eigenvalue weighted by Gasteiger charge is 2.28. The number of nitrogens with zero attached hydrogens (tertiary/aromatic N) is 4. The van der Waals surface area contributed by atoms with E-state index < -0.39 is 0 Å². The Kier molecular flexibility index (Phi) is 5.21. The second-order valence-electron chi connectivity index (χ2n) is 5.42. The van der Waals surface area contributed by atoms with Gasteiger partial charge in [-0.15, -0.1) is 12.4 Å². The first-order valence-electron chi connectivity index (χ1n) is 6.96. The van der Waals surface area contributed by atoms with E-state index in [9.17, 15) is 0 Å². The minimum Gasteiger partial charge on any atom is -0.337 e. The van der Waals surface area contributed by atoms with Crippen LogP contribution in [0.25, 0.3) is 0 Å². The van der Waals surface area contributed by atoms with E-state index in [1.165, 1.54) is 38.4 Å². The number of aromatic nitrogens is 2. The summed E-state index contributed by atoms with van der Waals surface area (Å²) in [5.74, 6) is 1.18. The first-order chi connectivity index (χ1) is 8.83. The van der Waals surface area contributed by atoms with Crippen LogP contribution in [0.15, 0.2) is 12.4 Å². The fraction of sp³-hybridized carbons (Fsp3) is 0.769. The van der Waals surface area contributed by atoms with Crippen molar-refractivity contribution in [3.05, 3.63) is 18.2 Å². The zero-order valence-corrected chi connectivity index (χ0v) is 12.4.